The SMILES string of the molecule is C=C(C)Cn1c(C)cc(C)c(S(=O)(=O)c2ccccc2Cl)c1=O. The van der Waals surface area contributed by atoms with Gasteiger partial charge in [0.05, 0.1) is 9.92 Å². The minimum atomic E-state index is -4.00. The Balaban J connectivity index is 2.81. The number of aryl methyl sites for hydroxylation is 2. The number of nitrogens with zero attached hydrogens (tertiary/aromatic N) is 1. The van der Waals surface area contributed by atoms with Gasteiger partial charge < -0.3 is 4.57 Å². The van der Waals surface area contributed by atoms with Gasteiger partial charge in [-0.15, -0.1) is 0 Å². The summed E-state index contributed by atoms with van der Waals surface area (Å²) in [6.07, 6.45) is 0. The third-order valence-corrected chi connectivity index (χ3v) is 5.88. The normalized spacial score (nSPS) is 11.5. The average Bonchev–Trinajstić information content (AvgIpc) is 2.43. The average molecular weight is 352 g/mol. The second-order valence-electron chi connectivity index (χ2n) is 5.58. The largest absolute Gasteiger partial charge is 0.308 e. The van der Waals surface area contributed by atoms with Crippen LogP contribution in [0.15, 0.2) is 57.1 Å². The molecule has 1 aromatic carbocycles. The molecule has 0 aliphatic heterocycles. The van der Waals surface area contributed by atoms with Crippen LogP contribution >= 0.6 is 11.6 Å². The monoisotopic (exact) mass is 351 g/mol. The van der Waals surface area contributed by atoms with E-state index in [-0.39, 0.29) is 21.4 Å². The van der Waals surface area contributed by atoms with Gasteiger partial charge in [-0.3, -0.25) is 4.79 Å². The Morgan fingerprint density at radius 2 is 1.87 bits per heavy atom. The molecule has 0 bridgehead atoms. The van der Waals surface area contributed by atoms with E-state index in [9.17, 15) is 13.2 Å². The molecule has 0 spiro atoms. The molecule has 122 valence electrons. The van der Waals surface area contributed by atoms with Crippen LogP contribution in [-0.4, -0.2) is 13.0 Å². The Labute approximate surface area is 141 Å². The van der Waals surface area contributed by atoms with Crippen molar-refractivity contribution in [3.8, 4) is 0 Å². The number of sulfone groups is 1. The number of benzene rings is 1. The highest BCUT2D eigenvalue weighted by atomic mass is 35.5. The van der Waals surface area contributed by atoms with Crippen molar-refractivity contribution in [3.63, 3.8) is 0 Å². The number of hydrogen-bond acceptors (Lipinski definition) is 3. The first-order valence-electron chi connectivity index (χ1n) is 7.01. The summed E-state index contributed by atoms with van der Waals surface area (Å²) >= 11 is 6.02. The summed E-state index contributed by atoms with van der Waals surface area (Å²) in [4.78, 5) is 12.5. The van der Waals surface area contributed by atoms with Crippen molar-refractivity contribution >= 4 is 21.4 Å². The highest BCUT2D eigenvalue weighted by Gasteiger charge is 2.27. The van der Waals surface area contributed by atoms with E-state index in [1.54, 1.807) is 39.0 Å². The van der Waals surface area contributed by atoms with E-state index < -0.39 is 15.4 Å². The predicted octanol–water partition coefficient (Wildman–Crippen LogP) is 3.53. The van der Waals surface area contributed by atoms with Crippen molar-refractivity contribution in [2.75, 3.05) is 0 Å². The Hall–Kier alpha value is -1.85. The molecule has 2 aromatic rings. The van der Waals surface area contributed by atoms with Crippen molar-refractivity contribution in [1.82, 2.24) is 4.57 Å². The molecule has 23 heavy (non-hydrogen) atoms. The molecule has 6 heteroatoms. The molecule has 0 aliphatic carbocycles. The Morgan fingerprint density at radius 3 is 2.43 bits per heavy atom. The minimum Gasteiger partial charge on any atom is -0.308 e. The van der Waals surface area contributed by atoms with E-state index in [0.717, 1.165) is 5.57 Å². The van der Waals surface area contributed by atoms with E-state index in [2.05, 4.69) is 6.58 Å². The molecule has 0 radical (unpaired) electrons. The minimum absolute atomic E-state index is 0.0624. The van der Waals surface area contributed by atoms with Crippen LogP contribution in [-0.2, 0) is 16.4 Å². The van der Waals surface area contributed by atoms with Crippen LogP contribution in [0.2, 0.25) is 5.02 Å². The number of hydrogen-bond donors (Lipinski definition) is 0. The molecule has 0 unspecified atom stereocenters. The first-order valence-corrected chi connectivity index (χ1v) is 8.87. The van der Waals surface area contributed by atoms with Crippen molar-refractivity contribution in [3.05, 3.63) is 69.1 Å². The molecule has 0 amide bonds. The van der Waals surface area contributed by atoms with Crippen LogP contribution in [0.4, 0.5) is 0 Å². The van der Waals surface area contributed by atoms with Gasteiger partial charge >= 0.3 is 0 Å². The zero-order chi connectivity index (χ0) is 17.4. The van der Waals surface area contributed by atoms with E-state index in [1.807, 2.05) is 0 Å². The highest BCUT2D eigenvalue weighted by Crippen LogP contribution is 2.27. The fourth-order valence-corrected chi connectivity index (χ4v) is 4.54. The van der Waals surface area contributed by atoms with Crippen molar-refractivity contribution < 1.29 is 8.42 Å². The Kier molecular flexibility index (Phi) is 4.82. The van der Waals surface area contributed by atoms with Crippen LogP contribution in [0.25, 0.3) is 0 Å². The highest BCUT2D eigenvalue weighted by molar-refractivity contribution is 7.91. The van der Waals surface area contributed by atoms with Gasteiger partial charge in [0.15, 0.2) is 0 Å². The van der Waals surface area contributed by atoms with Gasteiger partial charge in [0.25, 0.3) is 5.56 Å². The predicted molar refractivity (Wildman–Crippen MR) is 91.9 cm³/mol. The molecule has 0 saturated carbocycles. The molecule has 1 aromatic heterocycles. The summed E-state index contributed by atoms with van der Waals surface area (Å²) < 4.78 is 27.3. The summed E-state index contributed by atoms with van der Waals surface area (Å²) in [5, 5.41) is 0.0957. The van der Waals surface area contributed by atoms with Crippen molar-refractivity contribution in [2.45, 2.75) is 37.1 Å². The quantitative estimate of drug-likeness (QED) is 0.792. The molecule has 1 heterocycles. The molecule has 0 aliphatic rings. The first-order chi connectivity index (χ1) is 10.7. The van der Waals surface area contributed by atoms with Crippen LogP contribution in [0, 0.1) is 13.8 Å². The lowest BCUT2D eigenvalue weighted by molar-refractivity contribution is 0.589. The summed E-state index contributed by atoms with van der Waals surface area (Å²) in [6, 6.07) is 7.80. The number of allylic oxidation sites excluding steroid dienone is 1. The third-order valence-electron chi connectivity index (χ3n) is 3.47. The van der Waals surface area contributed by atoms with E-state index >= 15 is 0 Å². The van der Waals surface area contributed by atoms with Gasteiger partial charge in [0, 0.05) is 12.2 Å². The third kappa shape index (κ3) is 3.26. The van der Waals surface area contributed by atoms with Gasteiger partial charge in [-0.05, 0) is 44.5 Å². The Bertz CT molecular complexity index is 943. The fourth-order valence-electron chi connectivity index (χ4n) is 2.47. The molecular formula is C17H18ClNO3S. The fraction of sp³-hybridized carbons (Fsp3) is 0.235. The van der Waals surface area contributed by atoms with Gasteiger partial charge in [-0.25, -0.2) is 8.42 Å². The molecule has 0 N–H and O–H groups in total. The number of aromatic nitrogens is 1. The molecule has 0 atom stereocenters. The van der Waals surface area contributed by atoms with Gasteiger partial charge in [0.1, 0.15) is 4.90 Å². The maximum Gasteiger partial charge on any atom is 0.270 e. The van der Waals surface area contributed by atoms with Gasteiger partial charge in [-0.1, -0.05) is 35.9 Å². The maximum absolute atomic E-state index is 12.9. The van der Waals surface area contributed by atoms with Crippen LogP contribution < -0.4 is 5.56 Å². The summed E-state index contributed by atoms with van der Waals surface area (Å²) in [5.74, 6) is 0. The molecule has 2 rings (SSSR count). The maximum atomic E-state index is 12.9. The van der Waals surface area contributed by atoms with Crippen LogP contribution in [0.5, 0.6) is 0 Å². The van der Waals surface area contributed by atoms with E-state index in [1.165, 1.54) is 16.7 Å². The molecule has 0 saturated heterocycles. The molecule has 4 nitrogen and oxygen atoms in total. The summed E-state index contributed by atoms with van der Waals surface area (Å²) in [7, 11) is -4.00. The second kappa shape index (κ2) is 6.34. The topological polar surface area (TPSA) is 56.1 Å². The van der Waals surface area contributed by atoms with E-state index in [4.69, 9.17) is 11.6 Å². The van der Waals surface area contributed by atoms with Crippen molar-refractivity contribution in [2.24, 2.45) is 0 Å². The second-order valence-corrected chi connectivity index (χ2v) is 7.84. The van der Waals surface area contributed by atoms with Gasteiger partial charge in [0.2, 0.25) is 9.84 Å². The summed E-state index contributed by atoms with van der Waals surface area (Å²) in [6.45, 7) is 9.23. The number of pyridine rings is 1. The molecule has 0 fully saturated rings. The number of rotatable bonds is 4. The standard InChI is InChI=1S/C17H18ClNO3S/c1-11(2)10-19-13(4)9-12(3)16(17(19)20)23(21,22)15-8-6-5-7-14(15)18/h5-9H,1,10H2,2-4H3. The lowest BCUT2D eigenvalue weighted by Gasteiger charge is -2.15. The van der Waals surface area contributed by atoms with E-state index in [0.29, 0.717) is 11.3 Å². The smallest absolute Gasteiger partial charge is 0.270 e. The first kappa shape index (κ1) is 17.5. The van der Waals surface area contributed by atoms with Crippen LogP contribution in [0.3, 0.4) is 0 Å². The number of halogens is 1. The van der Waals surface area contributed by atoms with Gasteiger partial charge in [-0.2, -0.15) is 0 Å². The molecular weight excluding hydrogens is 334 g/mol. The zero-order valence-corrected chi connectivity index (χ0v) is 14.8. The van der Waals surface area contributed by atoms with Crippen LogP contribution in [0.1, 0.15) is 18.2 Å². The Morgan fingerprint density at radius 1 is 1.26 bits per heavy atom. The lowest BCUT2D eigenvalue weighted by atomic mass is 10.2. The van der Waals surface area contributed by atoms with Crippen molar-refractivity contribution in [1.29, 1.82) is 0 Å². The summed E-state index contributed by atoms with van der Waals surface area (Å²) in [5.41, 5.74) is 1.31. The zero-order valence-electron chi connectivity index (χ0n) is 13.3. The lowest BCUT2D eigenvalue weighted by Crippen LogP contribution is -2.29.